The topological polar surface area (TPSA) is 79.6 Å². The SMILES string of the molecule is CCN(CCO)C(=O)[C@@H](C(=O)c1ccccc1)n1ccccc1=O. The van der Waals surface area contributed by atoms with Crippen molar-refractivity contribution in [3.05, 3.63) is 70.6 Å². The summed E-state index contributed by atoms with van der Waals surface area (Å²) in [5, 5.41) is 9.13. The summed E-state index contributed by atoms with van der Waals surface area (Å²) < 4.78 is 1.14. The Morgan fingerprint density at radius 3 is 2.38 bits per heavy atom. The maximum atomic E-state index is 12.9. The van der Waals surface area contributed by atoms with Crippen molar-refractivity contribution in [1.82, 2.24) is 9.47 Å². The molecule has 1 heterocycles. The lowest BCUT2D eigenvalue weighted by atomic mass is 10.0. The van der Waals surface area contributed by atoms with Crippen molar-refractivity contribution in [1.29, 1.82) is 0 Å². The Labute approximate surface area is 140 Å². The number of hydrogen-bond donors (Lipinski definition) is 1. The number of aromatic nitrogens is 1. The van der Waals surface area contributed by atoms with Gasteiger partial charge in [0.25, 0.3) is 11.5 Å². The summed E-state index contributed by atoms with van der Waals surface area (Å²) in [6.45, 7) is 1.98. The number of carbonyl (C=O) groups excluding carboxylic acids is 2. The van der Waals surface area contributed by atoms with Crippen LogP contribution in [0.4, 0.5) is 0 Å². The van der Waals surface area contributed by atoms with Crippen LogP contribution in [-0.2, 0) is 4.79 Å². The number of amides is 1. The van der Waals surface area contributed by atoms with Gasteiger partial charge in [-0.1, -0.05) is 36.4 Å². The fraction of sp³-hybridized carbons (Fsp3) is 0.278. The number of benzene rings is 1. The molecule has 1 aromatic heterocycles. The number of aliphatic hydroxyl groups is 1. The first kappa shape index (κ1) is 17.6. The van der Waals surface area contributed by atoms with Crippen molar-refractivity contribution in [2.45, 2.75) is 13.0 Å². The third kappa shape index (κ3) is 3.78. The number of carbonyl (C=O) groups is 2. The van der Waals surface area contributed by atoms with E-state index < -0.39 is 23.3 Å². The lowest BCUT2D eigenvalue weighted by Gasteiger charge is -2.26. The largest absolute Gasteiger partial charge is 0.395 e. The zero-order chi connectivity index (χ0) is 17.5. The van der Waals surface area contributed by atoms with Crippen LogP contribution in [0.2, 0.25) is 0 Å². The van der Waals surface area contributed by atoms with Crippen LogP contribution in [-0.4, -0.2) is 46.0 Å². The van der Waals surface area contributed by atoms with Crippen LogP contribution in [0.1, 0.15) is 23.3 Å². The second-order valence-electron chi connectivity index (χ2n) is 5.22. The minimum atomic E-state index is -1.28. The zero-order valence-corrected chi connectivity index (χ0v) is 13.5. The molecule has 1 aromatic carbocycles. The van der Waals surface area contributed by atoms with E-state index >= 15 is 0 Å². The predicted molar refractivity (Wildman–Crippen MR) is 89.9 cm³/mol. The molecule has 1 atom stereocenters. The average Bonchev–Trinajstić information content (AvgIpc) is 2.62. The Morgan fingerprint density at radius 1 is 1.12 bits per heavy atom. The quantitative estimate of drug-likeness (QED) is 0.610. The highest BCUT2D eigenvalue weighted by Gasteiger charge is 2.32. The molecule has 0 spiro atoms. The molecule has 0 unspecified atom stereocenters. The lowest BCUT2D eigenvalue weighted by Crippen LogP contribution is -2.44. The molecule has 24 heavy (non-hydrogen) atoms. The van der Waals surface area contributed by atoms with Gasteiger partial charge in [0, 0.05) is 30.9 Å². The van der Waals surface area contributed by atoms with Crippen molar-refractivity contribution in [2.24, 2.45) is 0 Å². The van der Waals surface area contributed by atoms with Crippen LogP contribution in [0.25, 0.3) is 0 Å². The number of ketones is 1. The number of aliphatic hydroxyl groups excluding tert-OH is 1. The van der Waals surface area contributed by atoms with E-state index in [0.29, 0.717) is 12.1 Å². The van der Waals surface area contributed by atoms with E-state index in [0.717, 1.165) is 4.57 Å². The third-order valence-electron chi connectivity index (χ3n) is 3.73. The van der Waals surface area contributed by atoms with E-state index in [9.17, 15) is 14.4 Å². The Balaban J connectivity index is 2.50. The van der Waals surface area contributed by atoms with Gasteiger partial charge in [0.15, 0.2) is 11.8 Å². The van der Waals surface area contributed by atoms with Crippen LogP contribution in [0.15, 0.2) is 59.5 Å². The van der Waals surface area contributed by atoms with Gasteiger partial charge in [0.2, 0.25) is 0 Å². The number of nitrogens with zero attached hydrogens (tertiary/aromatic N) is 2. The summed E-state index contributed by atoms with van der Waals surface area (Å²) in [5.74, 6) is -0.959. The van der Waals surface area contributed by atoms with Gasteiger partial charge in [0.05, 0.1) is 6.61 Å². The molecule has 2 aromatic rings. The van der Waals surface area contributed by atoms with E-state index in [-0.39, 0.29) is 13.2 Å². The van der Waals surface area contributed by atoms with Gasteiger partial charge in [-0.3, -0.25) is 19.0 Å². The van der Waals surface area contributed by atoms with E-state index in [1.807, 2.05) is 0 Å². The normalized spacial score (nSPS) is 11.8. The molecule has 0 saturated heterocycles. The molecule has 1 N–H and O–H groups in total. The highest BCUT2D eigenvalue weighted by molar-refractivity contribution is 6.11. The fourth-order valence-corrected chi connectivity index (χ4v) is 2.49. The first-order valence-electron chi connectivity index (χ1n) is 7.76. The highest BCUT2D eigenvalue weighted by atomic mass is 16.3. The Hall–Kier alpha value is -2.73. The van der Waals surface area contributed by atoms with E-state index in [2.05, 4.69) is 0 Å². The molecule has 0 fully saturated rings. The molecular weight excluding hydrogens is 308 g/mol. The number of pyridine rings is 1. The monoisotopic (exact) mass is 328 g/mol. The number of hydrogen-bond acceptors (Lipinski definition) is 4. The van der Waals surface area contributed by atoms with Gasteiger partial charge in [-0.15, -0.1) is 0 Å². The molecule has 0 saturated carbocycles. The van der Waals surface area contributed by atoms with Crippen LogP contribution >= 0.6 is 0 Å². The Kier molecular flexibility index (Phi) is 6.03. The minimum absolute atomic E-state index is 0.107. The summed E-state index contributed by atoms with van der Waals surface area (Å²) in [6, 6.07) is 11.6. The number of rotatable bonds is 7. The van der Waals surface area contributed by atoms with Gasteiger partial charge in [0.1, 0.15) is 0 Å². The van der Waals surface area contributed by atoms with E-state index in [4.69, 9.17) is 5.11 Å². The van der Waals surface area contributed by atoms with Crippen molar-refractivity contribution >= 4 is 11.7 Å². The minimum Gasteiger partial charge on any atom is -0.395 e. The van der Waals surface area contributed by atoms with Crippen LogP contribution in [0, 0.1) is 0 Å². The summed E-state index contributed by atoms with van der Waals surface area (Å²) in [6.07, 6.45) is 1.43. The second-order valence-corrected chi connectivity index (χ2v) is 5.22. The van der Waals surface area contributed by atoms with Gasteiger partial charge in [-0.05, 0) is 13.0 Å². The molecule has 0 aliphatic heterocycles. The summed E-state index contributed by atoms with van der Waals surface area (Å²) in [4.78, 5) is 39.3. The third-order valence-corrected chi connectivity index (χ3v) is 3.73. The molecule has 1 amide bonds. The molecule has 0 aliphatic rings. The highest BCUT2D eigenvalue weighted by Crippen LogP contribution is 2.16. The molecule has 0 radical (unpaired) electrons. The molecule has 126 valence electrons. The van der Waals surface area contributed by atoms with Gasteiger partial charge in [-0.25, -0.2) is 0 Å². The summed E-state index contributed by atoms with van der Waals surface area (Å²) >= 11 is 0. The van der Waals surface area contributed by atoms with Gasteiger partial charge < -0.3 is 10.0 Å². The maximum absolute atomic E-state index is 12.9. The molecule has 6 nitrogen and oxygen atoms in total. The van der Waals surface area contributed by atoms with E-state index in [1.165, 1.54) is 17.2 Å². The smallest absolute Gasteiger partial charge is 0.253 e. The van der Waals surface area contributed by atoms with Gasteiger partial charge in [-0.2, -0.15) is 0 Å². The van der Waals surface area contributed by atoms with Crippen LogP contribution in [0.3, 0.4) is 0 Å². The van der Waals surface area contributed by atoms with Crippen LogP contribution < -0.4 is 5.56 Å². The standard InChI is InChI=1S/C18H20N2O4/c1-2-19(12-13-21)18(24)16(20-11-7-6-10-15(20)22)17(23)14-8-4-3-5-9-14/h3-11,16,21H,2,12-13H2,1H3/t16-/m1/s1. The predicted octanol–water partition coefficient (Wildman–Crippen LogP) is 1.11. The second kappa shape index (κ2) is 8.21. The molecule has 6 heteroatoms. The van der Waals surface area contributed by atoms with Gasteiger partial charge >= 0.3 is 0 Å². The fourth-order valence-electron chi connectivity index (χ4n) is 2.49. The number of likely N-dealkylation sites (N-methyl/N-ethyl adjacent to an activating group) is 1. The summed E-state index contributed by atoms with van der Waals surface area (Å²) in [7, 11) is 0. The molecule has 2 rings (SSSR count). The van der Waals surface area contributed by atoms with Crippen molar-refractivity contribution in [3.8, 4) is 0 Å². The Morgan fingerprint density at radius 2 is 1.79 bits per heavy atom. The Bertz CT molecular complexity index is 755. The lowest BCUT2D eigenvalue weighted by molar-refractivity contribution is -0.133. The van der Waals surface area contributed by atoms with Crippen LogP contribution in [0.5, 0.6) is 0 Å². The first-order valence-corrected chi connectivity index (χ1v) is 7.76. The maximum Gasteiger partial charge on any atom is 0.253 e. The summed E-state index contributed by atoms with van der Waals surface area (Å²) in [5.41, 5.74) is -0.0770. The molecular formula is C18H20N2O4. The molecule has 0 aliphatic carbocycles. The van der Waals surface area contributed by atoms with Crippen molar-refractivity contribution in [2.75, 3.05) is 19.7 Å². The van der Waals surface area contributed by atoms with E-state index in [1.54, 1.807) is 49.4 Å². The molecule has 0 bridgehead atoms. The van der Waals surface area contributed by atoms with Crippen molar-refractivity contribution < 1.29 is 14.7 Å². The van der Waals surface area contributed by atoms with Crippen molar-refractivity contribution in [3.63, 3.8) is 0 Å². The number of Topliss-reactive ketones (excluding diaryl/α,β-unsaturated/α-hetero) is 1. The average molecular weight is 328 g/mol. The zero-order valence-electron chi connectivity index (χ0n) is 13.5. The first-order chi connectivity index (χ1) is 11.6.